The van der Waals surface area contributed by atoms with Crippen LogP contribution in [0.15, 0.2) is 48.5 Å². The predicted molar refractivity (Wildman–Crippen MR) is 120 cm³/mol. The van der Waals surface area contributed by atoms with Gasteiger partial charge in [-0.15, -0.1) is 0 Å². The van der Waals surface area contributed by atoms with E-state index in [9.17, 15) is 9.59 Å². The molecule has 180 valence electrons. The molecule has 0 aliphatic heterocycles. The van der Waals surface area contributed by atoms with Gasteiger partial charge in [0.25, 0.3) is 0 Å². The number of esters is 2. The summed E-state index contributed by atoms with van der Waals surface area (Å²) >= 11 is 0. The smallest absolute Gasteiger partial charge is 0.306 e. The minimum Gasteiger partial charge on any atom is -0.461 e. The highest BCUT2D eigenvalue weighted by atomic mass is 17.1. The van der Waals surface area contributed by atoms with Gasteiger partial charge in [0, 0.05) is 12.8 Å². The molecule has 0 radical (unpaired) electrons. The van der Waals surface area contributed by atoms with Crippen molar-refractivity contribution < 1.29 is 39.4 Å². The van der Waals surface area contributed by atoms with E-state index in [2.05, 4.69) is 9.78 Å². The maximum atomic E-state index is 11.9. The van der Waals surface area contributed by atoms with Gasteiger partial charge in [-0.25, -0.2) is 9.78 Å². The first kappa shape index (κ1) is 26.5. The first-order valence-electron chi connectivity index (χ1n) is 10.7. The van der Waals surface area contributed by atoms with Crippen LogP contribution in [0, 0.1) is 0 Å². The van der Waals surface area contributed by atoms with Crippen LogP contribution in [0.1, 0.15) is 69.2 Å². The molecule has 0 aromatic heterocycles. The van der Waals surface area contributed by atoms with E-state index >= 15 is 0 Å². The van der Waals surface area contributed by atoms with E-state index in [-0.39, 0.29) is 26.1 Å². The summed E-state index contributed by atoms with van der Waals surface area (Å²) in [5, 5.41) is 17.9. The van der Waals surface area contributed by atoms with Crippen LogP contribution in [-0.4, -0.2) is 22.5 Å². The lowest BCUT2D eigenvalue weighted by molar-refractivity contribution is -0.318. The van der Waals surface area contributed by atoms with Crippen molar-refractivity contribution in [1.29, 1.82) is 0 Å². The van der Waals surface area contributed by atoms with Crippen LogP contribution in [0.25, 0.3) is 0 Å². The highest BCUT2D eigenvalue weighted by molar-refractivity contribution is 5.72. The van der Waals surface area contributed by atoms with Crippen molar-refractivity contribution in [3.63, 3.8) is 0 Å². The van der Waals surface area contributed by atoms with Gasteiger partial charge in [-0.1, -0.05) is 48.5 Å². The summed E-state index contributed by atoms with van der Waals surface area (Å²) in [6.07, 6.45) is 0.562. The molecule has 0 aliphatic carbocycles. The van der Waals surface area contributed by atoms with Gasteiger partial charge in [0.1, 0.15) is 24.4 Å². The van der Waals surface area contributed by atoms with Gasteiger partial charge in [-0.05, 0) is 56.4 Å². The molecule has 0 heterocycles. The van der Waals surface area contributed by atoms with Crippen molar-refractivity contribution in [2.75, 3.05) is 0 Å². The molecule has 0 spiro atoms. The van der Waals surface area contributed by atoms with E-state index in [4.69, 9.17) is 20.0 Å². The molecule has 0 amide bonds. The van der Waals surface area contributed by atoms with Crippen molar-refractivity contribution in [1.82, 2.24) is 0 Å². The van der Waals surface area contributed by atoms with E-state index in [1.807, 2.05) is 0 Å². The molecular weight excluding hydrogens is 428 g/mol. The Bertz CT molecular complexity index is 826. The molecule has 0 unspecified atom stereocenters. The van der Waals surface area contributed by atoms with Crippen molar-refractivity contribution >= 4 is 11.9 Å². The summed E-state index contributed by atoms with van der Waals surface area (Å²) in [5.74, 6) is -0.787. The minimum atomic E-state index is -0.820. The van der Waals surface area contributed by atoms with Gasteiger partial charge < -0.3 is 9.47 Å². The van der Waals surface area contributed by atoms with Gasteiger partial charge in [0.05, 0.1) is 0 Å². The largest absolute Gasteiger partial charge is 0.461 e. The zero-order chi connectivity index (χ0) is 24.5. The monoisotopic (exact) mass is 460 g/mol. The summed E-state index contributed by atoms with van der Waals surface area (Å²) < 4.78 is 10.5. The Labute approximate surface area is 193 Å². The van der Waals surface area contributed by atoms with E-state index in [0.29, 0.717) is 6.42 Å². The minimum absolute atomic E-state index is 0.115. The van der Waals surface area contributed by atoms with E-state index in [1.165, 1.54) is 0 Å². The average molecular weight is 461 g/mol. The van der Waals surface area contributed by atoms with Gasteiger partial charge in [0.2, 0.25) is 0 Å². The molecule has 2 aromatic carbocycles. The summed E-state index contributed by atoms with van der Waals surface area (Å²) in [4.78, 5) is 32.8. The van der Waals surface area contributed by atoms with Gasteiger partial charge in [-0.3, -0.25) is 20.1 Å². The molecule has 0 aliphatic rings. The van der Waals surface area contributed by atoms with Crippen LogP contribution in [0.5, 0.6) is 0 Å². The second-order valence-electron chi connectivity index (χ2n) is 8.77. The molecule has 2 aromatic rings. The third kappa shape index (κ3) is 8.25. The fourth-order valence-electron chi connectivity index (χ4n) is 2.96. The van der Waals surface area contributed by atoms with Crippen molar-refractivity contribution in [2.24, 2.45) is 0 Å². The topological polar surface area (TPSA) is 112 Å². The van der Waals surface area contributed by atoms with Crippen LogP contribution < -0.4 is 0 Å². The van der Waals surface area contributed by atoms with Crippen molar-refractivity contribution in [2.45, 2.75) is 71.4 Å². The standard InChI is InChI=1S/C25H32O8/c1-24(2,32-28)20-12-8-18(9-13-20)16-30-22(26)6-5-7-23(27)31-17-19-10-14-21(15-11-19)25(3,4)33-29/h8-15,28-29H,5-7,16-17H2,1-4H3. The molecule has 2 N–H and O–H groups in total. The molecule has 8 heteroatoms. The Hall–Kier alpha value is -2.78. The number of benzene rings is 2. The van der Waals surface area contributed by atoms with Gasteiger partial charge in [0.15, 0.2) is 0 Å². The molecule has 0 fully saturated rings. The number of carbonyl (C=O) groups is 2. The number of hydrogen-bond donors (Lipinski definition) is 2. The molecule has 0 bridgehead atoms. The zero-order valence-electron chi connectivity index (χ0n) is 19.5. The fraction of sp³-hybridized carbons (Fsp3) is 0.440. The molecule has 33 heavy (non-hydrogen) atoms. The molecule has 0 saturated heterocycles. The lowest BCUT2D eigenvalue weighted by Crippen LogP contribution is -2.19. The highest BCUT2D eigenvalue weighted by Gasteiger charge is 2.22. The zero-order valence-corrected chi connectivity index (χ0v) is 19.5. The van der Waals surface area contributed by atoms with E-state index in [1.54, 1.807) is 76.2 Å². The first-order valence-corrected chi connectivity index (χ1v) is 10.7. The summed E-state index contributed by atoms with van der Waals surface area (Å²) in [6, 6.07) is 14.4. The lowest BCUT2D eigenvalue weighted by Gasteiger charge is -2.21. The second kappa shape index (κ2) is 11.9. The van der Waals surface area contributed by atoms with Crippen LogP contribution in [0.4, 0.5) is 0 Å². The molecule has 2 rings (SSSR count). The van der Waals surface area contributed by atoms with Crippen LogP contribution >= 0.6 is 0 Å². The first-order chi connectivity index (χ1) is 15.6. The maximum Gasteiger partial charge on any atom is 0.306 e. The van der Waals surface area contributed by atoms with Crippen molar-refractivity contribution in [3.8, 4) is 0 Å². The Kier molecular flexibility index (Phi) is 9.55. The van der Waals surface area contributed by atoms with Crippen molar-refractivity contribution in [3.05, 3.63) is 70.8 Å². The lowest BCUT2D eigenvalue weighted by atomic mass is 9.97. The number of ether oxygens (including phenoxy) is 2. The molecule has 8 nitrogen and oxygen atoms in total. The van der Waals surface area contributed by atoms with Crippen LogP contribution in [0.2, 0.25) is 0 Å². The Morgan fingerprint density at radius 3 is 1.30 bits per heavy atom. The van der Waals surface area contributed by atoms with Gasteiger partial charge >= 0.3 is 11.9 Å². The van der Waals surface area contributed by atoms with Crippen LogP contribution in [-0.2, 0) is 53.3 Å². The quantitative estimate of drug-likeness (QED) is 0.256. The number of carbonyl (C=O) groups excluding carboxylic acids is 2. The fourth-order valence-corrected chi connectivity index (χ4v) is 2.96. The summed E-state index contributed by atoms with van der Waals surface area (Å²) in [6.45, 7) is 7.18. The second-order valence-corrected chi connectivity index (χ2v) is 8.77. The maximum absolute atomic E-state index is 11.9. The van der Waals surface area contributed by atoms with Crippen LogP contribution in [0.3, 0.4) is 0 Å². The third-order valence-electron chi connectivity index (χ3n) is 5.32. The molecular formula is C25H32O8. The summed E-state index contributed by atoms with van der Waals surface area (Å²) in [7, 11) is 0. The van der Waals surface area contributed by atoms with Gasteiger partial charge in [-0.2, -0.15) is 0 Å². The SMILES string of the molecule is CC(C)(OO)c1ccc(COC(=O)CCCC(=O)OCc2ccc(C(C)(C)OO)cc2)cc1. The normalized spacial score (nSPS) is 11.8. The summed E-state index contributed by atoms with van der Waals surface area (Å²) in [5.41, 5.74) is 1.55. The Balaban J connectivity index is 1.66. The Morgan fingerprint density at radius 2 is 1.00 bits per heavy atom. The van der Waals surface area contributed by atoms with E-state index < -0.39 is 23.1 Å². The molecule has 0 atom stereocenters. The highest BCUT2D eigenvalue weighted by Crippen LogP contribution is 2.25. The average Bonchev–Trinajstić information content (AvgIpc) is 2.82. The predicted octanol–water partition coefficient (Wildman–Crippen LogP) is 5.09. The third-order valence-corrected chi connectivity index (χ3v) is 5.32. The van der Waals surface area contributed by atoms with E-state index in [0.717, 1.165) is 22.3 Å². The Morgan fingerprint density at radius 1 is 0.667 bits per heavy atom. The number of rotatable bonds is 12. The number of hydrogen-bond acceptors (Lipinski definition) is 8. The molecule has 0 saturated carbocycles.